The van der Waals surface area contributed by atoms with Crippen molar-refractivity contribution in [2.45, 2.75) is 31.6 Å². The fourth-order valence-electron chi connectivity index (χ4n) is 3.51. The molecular weight excluding hydrogens is 191 g/mol. The molecule has 0 aliphatic heterocycles. The molecular formula is C13H15FO. The molecule has 3 aliphatic carbocycles. The topological polar surface area (TPSA) is 20.2 Å². The standard InChI is InChI=1S/C13H15FO/c1-9-2-10(4-11(14)3-9)13-5-12(6-13,7-13)8-15/h2-4,15H,5-8H2,1H3. The van der Waals surface area contributed by atoms with Crippen LogP contribution in [0.1, 0.15) is 30.4 Å². The Morgan fingerprint density at radius 1 is 1.27 bits per heavy atom. The minimum absolute atomic E-state index is 0.132. The molecule has 80 valence electrons. The van der Waals surface area contributed by atoms with Gasteiger partial charge in [0.1, 0.15) is 5.82 Å². The summed E-state index contributed by atoms with van der Waals surface area (Å²) < 4.78 is 13.3. The molecule has 2 heteroatoms. The lowest BCUT2D eigenvalue weighted by Gasteiger charge is -2.70. The molecule has 15 heavy (non-hydrogen) atoms. The second-order valence-corrected chi connectivity index (χ2v) is 5.49. The highest BCUT2D eigenvalue weighted by Crippen LogP contribution is 2.73. The molecule has 0 spiro atoms. The van der Waals surface area contributed by atoms with Gasteiger partial charge in [0.25, 0.3) is 0 Å². The van der Waals surface area contributed by atoms with Gasteiger partial charge in [0.05, 0.1) is 0 Å². The molecule has 0 unspecified atom stereocenters. The maximum absolute atomic E-state index is 13.3. The van der Waals surface area contributed by atoms with E-state index >= 15 is 0 Å². The van der Waals surface area contributed by atoms with E-state index in [2.05, 4.69) is 6.07 Å². The molecule has 1 aromatic rings. The number of halogens is 1. The van der Waals surface area contributed by atoms with Gasteiger partial charge in [0.2, 0.25) is 0 Å². The van der Waals surface area contributed by atoms with Crippen LogP contribution in [0.2, 0.25) is 0 Å². The Morgan fingerprint density at radius 3 is 2.47 bits per heavy atom. The van der Waals surface area contributed by atoms with Gasteiger partial charge < -0.3 is 5.11 Å². The largest absolute Gasteiger partial charge is 0.396 e. The second-order valence-electron chi connectivity index (χ2n) is 5.49. The molecule has 1 nitrogen and oxygen atoms in total. The summed E-state index contributed by atoms with van der Waals surface area (Å²) in [6.07, 6.45) is 3.12. The van der Waals surface area contributed by atoms with Crippen LogP contribution in [0.4, 0.5) is 4.39 Å². The first-order valence-electron chi connectivity index (χ1n) is 5.46. The van der Waals surface area contributed by atoms with Crippen LogP contribution in [0.3, 0.4) is 0 Å². The highest BCUT2D eigenvalue weighted by Gasteiger charge is 2.67. The molecule has 0 radical (unpaired) electrons. The number of aryl methyl sites for hydroxylation is 1. The van der Waals surface area contributed by atoms with Crippen molar-refractivity contribution in [3.8, 4) is 0 Å². The number of rotatable bonds is 2. The third-order valence-electron chi connectivity index (χ3n) is 4.13. The molecule has 0 saturated heterocycles. The van der Waals surface area contributed by atoms with Gasteiger partial charge in [-0.25, -0.2) is 4.39 Å². The summed E-state index contributed by atoms with van der Waals surface area (Å²) in [5, 5.41) is 9.18. The Labute approximate surface area is 88.9 Å². The monoisotopic (exact) mass is 206 g/mol. The fourth-order valence-corrected chi connectivity index (χ4v) is 3.51. The van der Waals surface area contributed by atoms with Crippen LogP contribution in [-0.2, 0) is 5.41 Å². The maximum Gasteiger partial charge on any atom is 0.123 e. The first-order chi connectivity index (χ1) is 7.07. The van der Waals surface area contributed by atoms with E-state index in [9.17, 15) is 9.50 Å². The molecule has 3 aliphatic rings. The van der Waals surface area contributed by atoms with Gasteiger partial charge in [-0.15, -0.1) is 0 Å². The van der Waals surface area contributed by atoms with Gasteiger partial charge in [-0.3, -0.25) is 0 Å². The molecule has 1 N–H and O–H groups in total. The number of benzene rings is 1. The molecule has 0 atom stereocenters. The van der Waals surface area contributed by atoms with E-state index in [1.165, 1.54) is 0 Å². The quantitative estimate of drug-likeness (QED) is 0.788. The Hall–Kier alpha value is -0.890. The normalized spacial score (nSPS) is 37.0. The smallest absolute Gasteiger partial charge is 0.123 e. The zero-order chi connectivity index (χ0) is 10.7. The summed E-state index contributed by atoms with van der Waals surface area (Å²) >= 11 is 0. The SMILES string of the molecule is Cc1cc(F)cc(C23CC(CO)(C2)C3)c1. The van der Waals surface area contributed by atoms with Gasteiger partial charge in [-0.2, -0.15) is 0 Å². The van der Waals surface area contributed by atoms with E-state index in [0.29, 0.717) is 6.61 Å². The number of aliphatic hydroxyl groups is 1. The zero-order valence-electron chi connectivity index (χ0n) is 8.89. The van der Waals surface area contributed by atoms with Crippen molar-refractivity contribution < 1.29 is 9.50 Å². The van der Waals surface area contributed by atoms with E-state index < -0.39 is 0 Å². The summed E-state index contributed by atoms with van der Waals surface area (Å²) in [5.41, 5.74) is 2.53. The van der Waals surface area contributed by atoms with Gasteiger partial charge >= 0.3 is 0 Å². The van der Waals surface area contributed by atoms with Gasteiger partial charge in [-0.05, 0) is 60.3 Å². The van der Waals surface area contributed by atoms with Crippen LogP contribution in [0.15, 0.2) is 18.2 Å². The third kappa shape index (κ3) is 1.11. The molecule has 4 rings (SSSR count). The molecule has 3 saturated carbocycles. The Balaban J connectivity index is 1.90. The van der Waals surface area contributed by atoms with Crippen molar-refractivity contribution in [3.05, 3.63) is 35.1 Å². The summed E-state index contributed by atoms with van der Waals surface area (Å²) in [7, 11) is 0. The maximum atomic E-state index is 13.3. The van der Waals surface area contributed by atoms with Crippen molar-refractivity contribution in [1.29, 1.82) is 0 Å². The van der Waals surface area contributed by atoms with Crippen LogP contribution < -0.4 is 0 Å². The van der Waals surface area contributed by atoms with Gasteiger partial charge in [-0.1, -0.05) is 6.07 Å². The summed E-state index contributed by atoms with van der Waals surface area (Å²) in [4.78, 5) is 0. The van der Waals surface area contributed by atoms with Crippen LogP contribution in [0.25, 0.3) is 0 Å². The van der Waals surface area contributed by atoms with Crippen LogP contribution in [0.5, 0.6) is 0 Å². The fraction of sp³-hybridized carbons (Fsp3) is 0.538. The number of aliphatic hydroxyl groups excluding tert-OH is 1. The summed E-state index contributed by atoms with van der Waals surface area (Å²) in [6, 6.07) is 5.31. The third-order valence-corrected chi connectivity index (χ3v) is 4.13. The molecule has 0 amide bonds. The van der Waals surface area contributed by atoms with Crippen LogP contribution in [0, 0.1) is 18.2 Å². The van der Waals surface area contributed by atoms with E-state index in [-0.39, 0.29) is 16.6 Å². The minimum atomic E-state index is -0.132. The van der Waals surface area contributed by atoms with E-state index in [0.717, 1.165) is 30.4 Å². The van der Waals surface area contributed by atoms with Gasteiger partial charge in [0, 0.05) is 6.61 Å². The van der Waals surface area contributed by atoms with E-state index in [1.54, 1.807) is 12.1 Å². The number of hydrogen-bond donors (Lipinski definition) is 1. The average Bonchev–Trinajstić information content (AvgIpc) is 1.97. The molecule has 3 fully saturated rings. The highest BCUT2D eigenvalue weighted by molar-refractivity contribution is 5.40. The lowest BCUT2D eigenvalue weighted by Crippen LogP contribution is -2.66. The van der Waals surface area contributed by atoms with Crippen LogP contribution in [-0.4, -0.2) is 11.7 Å². The summed E-state index contributed by atoms with van der Waals surface area (Å²) in [5.74, 6) is -0.132. The summed E-state index contributed by atoms with van der Waals surface area (Å²) in [6.45, 7) is 2.23. The Bertz CT molecular complexity index is 385. The van der Waals surface area contributed by atoms with Crippen molar-refractivity contribution in [2.75, 3.05) is 6.61 Å². The second kappa shape index (κ2) is 2.62. The Morgan fingerprint density at radius 2 is 1.93 bits per heavy atom. The van der Waals surface area contributed by atoms with Crippen molar-refractivity contribution in [2.24, 2.45) is 5.41 Å². The zero-order valence-corrected chi connectivity index (χ0v) is 8.89. The minimum Gasteiger partial charge on any atom is -0.396 e. The molecule has 0 heterocycles. The predicted molar refractivity (Wildman–Crippen MR) is 56.2 cm³/mol. The van der Waals surface area contributed by atoms with Crippen molar-refractivity contribution in [3.63, 3.8) is 0 Å². The first kappa shape index (κ1) is 9.34. The Kier molecular flexibility index (Phi) is 1.63. The first-order valence-corrected chi connectivity index (χ1v) is 5.46. The highest BCUT2D eigenvalue weighted by atomic mass is 19.1. The average molecular weight is 206 g/mol. The lowest BCUT2D eigenvalue weighted by molar-refractivity contribution is -0.168. The van der Waals surface area contributed by atoms with E-state index in [4.69, 9.17) is 0 Å². The number of hydrogen-bond acceptors (Lipinski definition) is 1. The molecule has 1 aromatic carbocycles. The van der Waals surface area contributed by atoms with Gasteiger partial charge in [0.15, 0.2) is 0 Å². The van der Waals surface area contributed by atoms with Crippen molar-refractivity contribution in [1.82, 2.24) is 0 Å². The van der Waals surface area contributed by atoms with E-state index in [1.807, 2.05) is 6.92 Å². The molecule has 2 bridgehead atoms. The van der Waals surface area contributed by atoms with Crippen molar-refractivity contribution >= 4 is 0 Å². The lowest BCUT2D eigenvalue weighted by atomic mass is 9.34. The predicted octanol–water partition coefficient (Wildman–Crippen LogP) is 2.55. The molecule has 0 aromatic heterocycles. The van der Waals surface area contributed by atoms with Crippen LogP contribution >= 0.6 is 0 Å².